The van der Waals surface area contributed by atoms with Gasteiger partial charge in [0.15, 0.2) is 0 Å². The largest absolute Gasteiger partial charge is 0.469 e. The molecule has 2 atom stereocenters. The van der Waals surface area contributed by atoms with Gasteiger partial charge in [-0.1, -0.05) is 42.5 Å². The first kappa shape index (κ1) is 23.3. The Morgan fingerprint density at radius 3 is 2.31 bits per heavy atom. The minimum atomic E-state index is -4.53. The number of methoxy groups -OCH3 is 1. The lowest BCUT2D eigenvalue weighted by Crippen LogP contribution is -2.47. The molecular formula is C23H22F3NO5. The molecule has 170 valence electrons. The molecule has 2 aromatic rings. The Morgan fingerprint density at radius 1 is 1.06 bits per heavy atom. The lowest BCUT2D eigenvalue weighted by molar-refractivity contribution is -0.146. The average molecular weight is 449 g/mol. The number of hydrogen-bond donors (Lipinski definition) is 0. The van der Waals surface area contributed by atoms with Crippen molar-refractivity contribution in [3.63, 3.8) is 0 Å². The molecule has 0 aliphatic carbocycles. The highest BCUT2D eigenvalue weighted by Crippen LogP contribution is 2.38. The molecule has 0 N–H and O–H groups in total. The number of piperidine rings is 1. The van der Waals surface area contributed by atoms with Crippen LogP contribution in [0, 0.1) is 5.92 Å². The van der Waals surface area contributed by atoms with E-state index < -0.39 is 35.8 Å². The summed E-state index contributed by atoms with van der Waals surface area (Å²) in [4.78, 5) is 38.7. The maximum atomic E-state index is 13.0. The molecule has 9 heteroatoms. The highest BCUT2D eigenvalue weighted by Gasteiger charge is 2.42. The monoisotopic (exact) mass is 449 g/mol. The Hall–Kier alpha value is -3.36. The van der Waals surface area contributed by atoms with E-state index in [-0.39, 0.29) is 31.8 Å². The second-order valence-electron chi connectivity index (χ2n) is 7.40. The fourth-order valence-corrected chi connectivity index (χ4v) is 3.73. The molecule has 1 amide bonds. The maximum absolute atomic E-state index is 13.0. The molecule has 0 spiro atoms. The van der Waals surface area contributed by atoms with Crippen molar-refractivity contribution in [3.05, 3.63) is 71.3 Å². The zero-order chi connectivity index (χ0) is 23.3. The molecule has 0 saturated carbocycles. The number of carbonyl (C=O) groups is 3. The number of esters is 1. The quantitative estimate of drug-likeness (QED) is 0.627. The van der Waals surface area contributed by atoms with E-state index in [9.17, 15) is 27.6 Å². The van der Waals surface area contributed by atoms with E-state index in [1.54, 1.807) is 24.3 Å². The molecule has 0 bridgehead atoms. The number of ether oxygens (including phenoxy) is 2. The third-order valence-electron chi connectivity index (χ3n) is 5.36. The summed E-state index contributed by atoms with van der Waals surface area (Å²) in [6.45, 7) is 0.0152. The van der Waals surface area contributed by atoms with Crippen LogP contribution in [0.1, 0.15) is 35.6 Å². The van der Waals surface area contributed by atoms with E-state index in [0.29, 0.717) is 5.56 Å². The predicted molar refractivity (Wildman–Crippen MR) is 107 cm³/mol. The van der Waals surface area contributed by atoms with Crippen LogP contribution < -0.4 is 0 Å². The summed E-state index contributed by atoms with van der Waals surface area (Å²) in [6.07, 6.45) is -5.55. The fraction of sp³-hybridized carbons (Fsp3) is 0.348. The van der Waals surface area contributed by atoms with Gasteiger partial charge in [-0.2, -0.15) is 13.2 Å². The number of nitrogens with zero attached hydrogens (tertiary/aromatic N) is 1. The van der Waals surface area contributed by atoms with Gasteiger partial charge in [-0.3, -0.25) is 14.5 Å². The lowest BCUT2D eigenvalue weighted by atomic mass is 9.81. The van der Waals surface area contributed by atoms with Gasteiger partial charge in [-0.05, 0) is 23.3 Å². The Bertz CT molecular complexity index is 960. The zero-order valence-corrected chi connectivity index (χ0v) is 17.3. The molecule has 1 aliphatic rings. The van der Waals surface area contributed by atoms with Gasteiger partial charge in [0.1, 0.15) is 12.4 Å². The number of ketones is 1. The van der Waals surface area contributed by atoms with Crippen molar-refractivity contribution in [1.29, 1.82) is 0 Å². The van der Waals surface area contributed by atoms with E-state index >= 15 is 0 Å². The molecular weight excluding hydrogens is 427 g/mol. The van der Waals surface area contributed by atoms with Crippen molar-refractivity contribution >= 4 is 17.8 Å². The minimum absolute atomic E-state index is 0.000761. The van der Waals surface area contributed by atoms with Gasteiger partial charge in [-0.25, -0.2) is 4.79 Å². The van der Waals surface area contributed by atoms with Gasteiger partial charge in [0.25, 0.3) is 0 Å². The van der Waals surface area contributed by atoms with E-state index in [4.69, 9.17) is 4.74 Å². The summed E-state index contributed by atoms with van der Waals surface area (Å²) in [5, 5.41) is 0. The third-order valence-corrected chi connectivity index (χ3v) is 5.36. The van der Waals surface area contributed by atoms with Gasteiger partial charge in [0.05, 0.1) is 31.1 Å². The van der Waals surface area contributed by atoms with Crippen molar-refractivity contribution in [2.24, 2.45) is 5.92 Å². The van der Waals surface area contributed by atoms with Crippen LogP contribution in [0.15, 0.2) is 54.6 Å². The van der Waals surface area contributed by atoms with Crippen LogP contribution in [-0.2, 0) is 31.8 Å². The number of amides is 1. The average Bonchev–Trinajstić information content (AvgIpc) is 2.78. The smallest absolute Gasteiger partial charge is 0.416 e. The number of carbonyl (C=O) groups excluding carboxylic acids is 3. The number of benzene rings is 2. The van der Waals surface area contributed by atoms with Gasteiger partial charge >= 0.3 is 18.2 Å². The Labute approximate surface area is 182 Å². The number of hydrogen-bond acceptors (Lipinski definition) is 5. The molecule has 2 unspecified atom stereocenters. The number of halogens is 3. The summed E-state index contributed by atoms with van der Waals surface area (Å²) < 4.78 is 49.0. The highest BCUT2D eigenvalue weighted by molar-refractivity contribution is 5.88. The van der Waals surface area contributed by atoms with Gasteiger partial charge in [0.2, 0.25) is 0 Å². The highest BCUT2D eigenvalue weighted by atomic mass is 19.4. The maximum Gasteiger partial charge on any atom is 0.416 e. The topological polar surface area (TPSA) is 72.9 Å². The number of rotatable bonds is 5. The van der Waals surface area contributed by atoms with Gasteiger partial charge < -0.3 is 9.47 Å². The van der Waals surface area contributed by atoms with Crippen LogP contribution in [-0.4, -0.2) is 36.4 Å². The van der Waals surface area contributed by atoms with Crippen molar-refractivity contribution in [3.8, 4) is 0 Å². The first-order chi connectivity index (χ1) is 15.2. The SMILES string of the molecule is COC(=O)CC1C(=O)CCN(C(=O)OCc2ccccc2)C1c1ccc(C(F)(F)F)cc1. The Balaban J connectivity index is 1.90. The molecule has 1 heterocycles. The summed E-state index contributed by atoms with van der Waals surface area (Å²) in [5.41, 5.74) is 0.203. The Kier molecular flexibility index (Phi) is 7.17. The van der Waals surface area contributed by atoms with Gasteiger partial charge in [0, 0.05) is 13.0 Å². The van der Waals surface area contributed by atoms with E-state index in [0.717, 1.165) is 17.7 Å². The number of likely N-dealkylation sites (tertiary alicyclic amines) is 1. The van der Waals surface area contributed by atoms with Crippen LogP contribution in [0.25, 0.3) is 0 Å². The third kappa shape index (κ3) is 5.46. The predicted octanol–water partition coefficient (Wildman–Crippen LogP) is 4.54. The normalized spacial score (nSPS) is 18.9. The van der Waals surface area contributed by atoms with Crippen LogP contribution in [0.2, 0.25) is 0 Å². The van der Waals surface area contributed by atoms with Crippen molar-refractivity contribution in [2.75, 3.05) is 13.7 Å². The molecule has 6 nitrogen and oxygen atoms in total. The molecule has 0 radical (unpaired) electrons. The second kappa shape index (κ2) is 9.84. The summed E-state index contributed by atoms with van der Waals surface area (Å²) in [7, 11) is 1.18. The molecule has 32 heavy (non-hydrogen) atoms. The Morgan fingerprint density at radius 2 is 1.72 bits per heavy atom. The number of alkyl halides is 3. The summed E-state index contributed by atoms with van der Waals surface area (Å²) in [6, 6.07) is 12.2. The van der Waals surface area contributed by atoms with E-state index in [2.05, 4.69) is 4.74 Å². The first-order valence-corrected chi connectivity index (χ1v) is 9.94. The van der Waals surface area contributed by atoms with Crippen molar-refractivity contribution < 1.29 is 37.0 Å². The second-order valence-corrected chi connectivity index (χ2v) is 7.40. The minimum Gasteiger partial charge on any atom is -0.469 e. The van der Waals surface area contributed by atoms with E-state index in [1.165, 1.54) is 24.1 Å². The van der Waals surface area contributed by atoms with Crippen LogP contribution in [0.4, 0.5) is 18.0 Å². The standard InChI is InChI=1S/C23H22F3NO5/c1-31-20(29)13-18-19(28)11-12-27(22(30)32-14-15-5-3-2-4-6-15)21(18)16-7-9-17(10-8-16)23(24,25)26/h2-10,18,21H,11-14H2,1H3. The van der Waals surface area contributed by atoms with Crippen molar-refractivity contribution in [2.45, 2.75) is 31.7 Å². The van der Waals surface area contributed by atoms with Gasteiger partial charge in [-0.15, -0.1) is 0 Å². The van der Waals surface area contributed by atoms with Crippen LogP contribution in [0.3, 0.4) is 0 Å². The molecule has 0 aromatic heterocycles. The lowest BCUT2D eigenvalue weighted by Gasteiger charge is -2.39. The molecule has 1 fully saturated rings. The first-order valence-electron chi connectivity index (χ1n) is 9.94. The molecule has 1 aliphatic heterocycles. The van der Waals surface area contributed by atoms with Crippen LogP contribution in [0.5, 0.6) is 0 Å². The summed E-state index contributed by atoms with van der Waals surface area (Å²) >= 11 is 0. The summed E-state index contributed by atoms with van der Waals surface area (Å²) in [5.74, 6) is -1.88. The number of Topliss-reactive ketones (excluding diaryl/α,β-unsaturated/α-hetero) is 1. The molecule has 1 saturated heterocycles. The van der Waals surface area contributed by atoms with E-state index in [1.807, 2.05) is 6.07 Å². The molecule has 3 rings (SSSR count). The molecule has 2 aromatic carbocycles. The van der Waals surface area contributed by atoms with Crippen LogP contribution >= 0.6 is 0 Å². The van der Waals surface area contributed by atoms with Crippen molar-refractivity contribution in [1.82, 2.24) is 4.90 Å². The fourth-order valence-electron chi connectivity index (χ4n) is 3.73. The zero-order valence-electron chi connectivity index (χ0n) is 17.3.